The van der Waals surface area contributed by atoms with Gasteiger partial charge in [-0.3, -0.25) is 14.4 Å². The molecule has 1 atom stereocenters. The Morgan fingerprint density at radius 1 is 1.31 bits per heavy atom. The van der Waals surface area contributed by atoms with E-state index in [9.17, 15) is 14.4 Å². The number of rotatable bonds is 7. The third-order valence-electron chi connectivity index (χ3n) is 4.33. The molecule has 0 aliphatic carbocycles. The summed E-state index contributed by atoms with van der Waals surface area (Å²) < 4.78 is 10.5. The number of amides is 2. The number of methoxy groups -OCH3 is 1. The highest BCUT2D eigenvalue weighted by molar-refractivity contribution is 5.85. The van der Waals surface area contributed by atoms with Crippen LogP contribution in [0.5, 0.6) is 11.5 Å². The van der Waals surface area contributed by atoms with Crippen LogP contribution < -0.4 is 9.47 Å². The SMILES string of the molecule is COc1cccc(OCC(=O)N(C)CC(=O)N2CCC[C@H](C(=O)O)C2)c1. The number of carbonyl (C=O) groups is 3. The molecule has 1 fully saturated rings. The Morgan fingerprint density at radius 2 is 2.04 bits per heavy atom. The Labute approximate surface area is 152 Å². The Morgan fingerprint density at radius 3 is 2.73 bits per heavy atom. The third kappa shape index (κ3) is 5.37. The van der Waals surface area contributed by atoms with Gasteiger partial charge in [-0.2, -0.15) is 0 Å². The topological polar surface area (TPSA) is 96.4 Å². The van der Waals surface area contributed by atoms with E-state index in [1.165, 1.54) is 16.8 Å². The summed E-state index contributed by atoms with van der Waals surface area (Å²) in [6.45, 7) is 0.406. The minimum atomic E-state index is -0.890. The van der Waals surface area contributed by atoms with Crippen LogP contribution in [0.25, 0.3) is 0 Å². The average Bonchev–Trinajstić information content (AvgIpc) is 2.66. The van der Waals surface area contributed by atoms with Crippen LogP contribution in [0.3, 0.4) is 0 Å². The van der Waals surface area contributed by atoms with E-state index in [2.05, 4.69) is 0 Å². The molecule has 8 nitrogen and oxygen atoms in total. The van der Waals surface area contributed by atoms with E-state index < -0.39 is 11.9 Å². The summed E-state index contributed by atoms with van der Waals surface area (Å²) >= 11 is 0. The number of hydrogen-bond donors (Lipinski definition) is 1. The Balaban J connectivity index is 1.82. The van der Waals surface area contributed by atoms with Crippen molar-refractivity contribution < 1.29 is 29.0 Å². The predicted octanol–water partition coefficient (Wildman–Crippen LogP) is 0.856. The highest BCUT2D eigenvalue weighted by Gasteiger charge is 2.29. The second-order valence-electron chi connectivity index (χ2n) is 6.23. The van der Waals surface area contributed by atoms with Crippen molar-refractivity contribution in [1.82, 2.24) is 9.80 Å². The van der Waals surface area contributed by atoms with Gasteiger partial charge < -0.3 is 24.4 Å². The third-order valence-corrected chi connectivity index (χ3v) is 4.33. The maximum atomic E-state index is 12.3. The molecule has 142 valence electrons. The molecular weight excluding hydrogens is 340 g/mol. The van der Waals surface area contributed by atoms with Crippen molar-refractivity contribution >= 4 is 17.8 Å². The minimum Gasteiger partial charge on any atom is -0.497 e. The van der Waals surface area contributed by atoms with Gasteiger partial charge in [0.1, 0.15) is 11.5 Å². The number of carbonyl (C=O) groups excluding carboxylic acids is 2. The van der Waals surface area contributed by atoms with Crippen molar-refractivity contribution in [3.05, 3.63) is 24.3 Å². The first kappa shape index (κ1) is 19.6. The molecule has 1 aliphatic rings. The number of ether oxygens (including phenoxy) is 2. The molecule has 0 bridgehead atoms. The van der Waals surface area contributed by atoms with Gasteiger partial charge in [-0.05, 0) is 25.0 Å². The fourth-order valence-electron chi connectivity index (χ4n) is 2.74. The first-order chi connectivity index (χ1) is 12.4. The zero-order valence-electron chi connectivity index (χ0n) is 15.0. The van der Waals surface area contributed by atoms with Gasteiger partial charge in [0.25, 0.3) is 5.91 Å². The summed E-state index contributed by atoms with van der Waals surface area (Å²) in [6, 6.07) is 6.89. The summed E-state index contributed by atoms with van der Waals surface area (Å²) in [6.07, 6.45) is 1.22. The fourth-order valence-corrected chi connectivity index (χ4v) is 2.74. The van der Waals surface area contributed by atoms with Crippen LogP contribution >= 0.6 is 0 Å². The second kappa shape index (κ2) is 9.07. The molecule has 0 unspecified atom stereocenters. The van der Waals surface area contributed by atoms with Crippen molar-refractivity contribution in [2.24, 2.45) is 5.92 Å². The van der Waals surface area contributed by atoms with Crippen molar-refractivity contribution in [2.45, 2.75) is 12.8 Å². The number of aliphatic carboxylic acids is 1. The first-order valence-electron chi connectivity index (χ1n) is 8.42. The minimum absolute atomic E-state index is 0.105. The van der Waals surface area contributed by atoms with Crippen molar-refractivity contribution in [3.8, 4) is 11.5 Å². The Hall–Kier alpha value is -2.77. The zero-order chi connectivity index (χ0) is 19.1. The van der Waals surface area contributed by atoms with Gasteiger partial charge in [0.05, 0.1) is 19.6 Å². The molecule has 0 saturated carbocycles. The normalized spacial score (nSPS) is 16.7. The van der Waals surface area contributed by atoms with Crippen molar-refractivity contribution in [2.75, 3.05) is 40.4 Å². The van der Waals surface area contributed by atoms with Crippen LogP contribution in [-0.4, -0.2) is 73.1 Å². The predicted molar refractivity (Wildman–Crippen MR) is 93.1 cm³/mol. The number of hydrogen-bond acceptors (Lipinski definition) is 5. The summed E-state index contributed by atoms with van der Waals surface area (Å²) in [5.74, 6) is -0.904. The molecule has 2 rings (SSSR count). The van der Waals surface area contributed by atoms with E-state index in [0.717, 1.165) is 0 Å². The van der Waals surface area contributed by atoms with Gasteiger partial charge in [-0.15, -0.1) is 0 Å². The van der Waals surface area contributed by atoms with Gasteiger partial charge >= 0.3 is 5.97 Å². The molecule has 1 heterocycles. The van der Waals surface area contributed by atoms with E-state index in [1.54, 1.807) is 31.4 Å². The molecule has 1 aromatic carbocycles. The molecule has 8 heteroatoms. The standard InChI is InChI=1S/C18H24N2O6/c1-19(11-16(21)20-8-4-5-13(10-20)18(23)24)17(22)12-26-15-7-3-6-14(9-15)25-2/h3,6-7,9,13H,4-5,8,10-12H2,1-2H3,(H,23,24)/t13-/m0/s1. The van der Waals surface area contributed by atoms with Crippen molar-refractivity contribution in [3.63, 3.8) is 0 Å². The molecule has 1 N–H and O–H groups in total. The van der Waals surface area contributed by atoms with E-state index in [-0.39, 0.29) is 31.5 Å². The Kier molecular flexibility index (Phi) is 6.82. The summed E-state index contributed by atoms with van der Waals surface area (Å²) in [4.78, 5) is 38.4. The smallest absolute Gasteiger partial charge is 0.308 e. The largest absolute Gasteiger partial charge is 0.497 e. The maximum absolute atomic E-state index is 12.3. The van der Waals surface area contributed by atoms with Gasteiger partial charge in [-0.25, -0.2) is 0 Å². The van der Waals surface area contributed by atoms with Gasteiger partial charge in [0.2, 0.25) is 5.91 Å². The van der Waals surface area contributed by atoms with Gasteiger partial charge in [-0.1, -0.05) is 6.07 Å². The van der Waals surface area contributed by atoms with Crippen LogP contribution in [0.4, 0.5) is 0 Å². The van der Waals surface area contributed by atoms with Crippen LogP contribution in [0.15, 0.2) is 24.3 Å². The zero-order valence-corrected chi connectivity index (χ0v) is 15.0. The van der Waals surface area contributed by atoms with E-state index in [4.69, 9.17) is 14.6 Å². The molecule has 1 aromatic rings. The number of piperidine rings is 1. The van der Waals surface area contributed by atoms with Gasteiger partial charge in [0, 0.05) is 26.2 Å². The lowest BCUT2D eigenvalue weighted by atomic mass is 9.98. The summed E-state index contributed by atoms with van der Waals surface area (Å²) in [5.41, 5.74) is 0. The van der Waals surface area contributed by atoms with Crippen LogP contribution in [0.2, 0.25) is 0 Å². The average molecular weight is 364 g/mol. The first-order valence-corrected chi connectivity index (χ1v) is 8.42. The lowest BCUT2D eigenvalue weighted by molar-refractivity contribution is -0.147. The Bertz CT molecular complexity index is 663. The van der Waals surface area contributed by atoms with E-state index >= 15 is 0 Å². The number of benzene rings is 1. The molecule has 1 aliphatic heterocycles. The number of carboxylic acids is 1. The lowest BCUT2D eigenvalue weighted by Crippen LogP contribution is -2.47. The summed E-state index contributed by atoms with van der Waals surface area (Å²) in [7, 11) is 3.06. The van der Waals surface area contributed by atoms with E-state index in [0.29, 0.717) is 30.9 Å². The van der Waals surface area contributed by atoms with Crippen LogP contribution in [0.1, 0.15) is 12.8 Å². The quantitative estimate of drug-likeness (QED) is 0.771. The molecular formula is C18H24N2O6. The van der Waals surface area contributed by atoms with Crippen LogP contribution in [0, 0.1) is 5.92 Å². The molecule has 2 amide bonds. The van der Waals surface area contributed by atoms with E-state index in [1.807, 2.05) is 0 Å². The number of carboxylic acid groups (broad SMARTS) is 1. The van der Waals surface area contributed by atoms with Crippen molar-refractivity contribution in [1.29, 1.82) is 0 Å². The molecule has 0 aromatic heterocycles. The molecule has 0 spiro atoms. The number of likely N-dealkylation sites (tertiary alicyclic amines) is 1. The van der Waals surface area contributed by atoms with Crippen LogP contribution in [-0.2, 0) is 14.4 Å². The second-order valence-corrected chi connectivity index (χ2v) is 6.23. The number of likely N-dealkylation sites (N-methyl/N-ethyl adjacent to an activating group) is 1. The fraction of sp³-hybridized carbons (Fsp3) is 0.500. The monoisotopic (exact) mass is 364 g/mol. The van der Waals surface area contributed by atoms with Gasteiger partial charge in [0.15, 0.2) is 6.61 Å². The highest BCUT2D eigenvalue weighted by Crippen LogP contribution is 2.19. The number of nitrogens with zero attached hydrogens (tertiary/aromatic N) is 2. The molecule has 0 radical (unpaired) electrons. The molecule has 1 saturated heterocycles. The highest BCUT2D eigenvalue weighted by atomic mass is 16.5. The molecule has 26 heavy (non-hydrogen) atoms. The lowest BCUT2D eigenvalue weighted by Gasteiger charge is -2.32. The summed E-state index contributed by atoms with van der Waals surface area (Å²) in [5, 5.41) is 9.10. The maximum Gasteiger partial charge on any atom is 0.308 e.